The second-order valence-electron chi connectivity index (χ2n) is 4.58. The summed E-state index contributed by atoms with van der Waals surface area (Å²) in [5.74, 6) is 1.41. The maximum Gasteiger partial charge on any atom is 0.172 e. The highest BCUT2D eigenvalue weighted by Crippen LogP contribution is 2.30. The van der Waals surface area contributed by atoms with E-state index in [0.717, 1.165) is 5.69 Å². The van der Waals surface area contributed by atoms with Gasteiger partial charge in [0.2, 0.25) is 0 Å². The summed E-state index contributed by atoms with van der Waals surface area (Å²) >= 11 is 0. The maximum atomic E-state index is 11.1. The van der Waals surface area contributed by atoms with E-state index in [0.29, 0.717) is 29.2 Å². The van der Waals surface area contributed by atoms with Crippen LogP contribution in [0.5, 0.6) is 11.5 Å². The minimum absolute atomic E-state index is 0.0982. The molecule has 2 aromatic rings. The summed E-state index contributed by atoms with van der Waals surface area (Å²) in [6, 6.07) is 5.39. The van der Waals surface area contributed by atoms with Gasteiger partial charge in [-0.3, -0.25) is 4.79 Å². The minimum Gasteiger partial charge on any atom is -0.497 e. The van der Waals surface area contributed by atoms with Crippen molar-refractivity contribution < 1.29 is 14.3 Å². The van der Waals surface area contributed by atoms with E-state index in [1.165, 1.54) is 0 Å². The lowest BCUT2D eigenvalue weighted by molar-refractivity contribution is 0.111. The van der Waals surface area contributed by atoms with Gasteiger partial charge in [-0.1, -0.05) is 19.1 Å². The van der Waals surface area contributed by atoms with Crippen LogP contribution in [0, 0.1) is 0 Å². The van der Waals surface area contributed by atoms with Gasteiger partial charge < -0.3 is 9.47 Å². The van der Waals surface area contributed by atoms with E-state index < -0.39 is 0 Å². The second kappa shape index (κ2) is 5.73. The van der Waals surface area contributed by atoms with Gasteiger partial charge in [0.25, 0.3) is 0 Å². The van der Waals surface area contributed by atoms with E-state index in [4.69, 9.17) is 9.47 Å². The number of carbonyl (C=O) groups is 1. The highest BCUT2D eigenvalue weighted by molar-refractivity contribution is 5.74. The molecule has 0 saturated heterocycles. The van der Waals surface area contributed by atoms with Gasteiger partial charge in [0.15, 0.2) is 6.29 Å². The van der Waals surface area contributed by atoms with Gasteiger partial charge in [-0.25, -0.2) is 4.68 Å². The Balaban J connectivity index is 2.67. The third kappa shape index (κ3) is 2.36. The van der Waals surface area contributed by atoms with Crippen molar-refractivity contribution in [1.82, 2.24) is 15.0 Å². The summed E-state index contributed by atoms with van der Waals surface area (Å²) in [4.78, 5) is 11.1. The van der Waals surface area contributed by atoms with E-state index in [1.807, 2.05) is 13.8 Å². The molecule has 2 rings (SSSR count). The van der Waals surface area contributed by atoms with Crippen molar-refractivity contribution in [2.24, 2.45) is 0 Å². The van der Waals surface area contributed by atoms with Gasteiger partial charge in [-0.15, -0.1) is 5.10 Å². The lowest BCUT2D eigenvalue weighted by Gasteiger charge is -2.14. The van der Waals surface area contributed by atoms with Crippen molar-refractivity contribution in [3.05, 3.63) is 29.6 Å². The minimum atomic E-state index is 0.0982. The SMILES string of the molecule is COc1ccc(OC)c(-n2nnc(C=O)c2C(C)C)c1. The normalized spacial score (nSPS) is 10.7. The van der Waals surface area contributed by atoms with Crippen LogP contribution in [0.15, 0.2) is 18.2 Å². The number of ether oxygens (including phenoxy) is 2. The number of nitrogens with zero attached hydrogens (tertiary/aromatic N) is 3. The van der Waals surface area contributed by atoms with Crippen LogP contribution in [0.25, 0.3) is 5.69 Å². The second-order valence-corrected chi connectivity index (χ2v) is 4.58. The Kier molecular flexibility index (Phi) is 4.02. The zero-order valence-corrected chi connectivity index (χ0v) is 12.0. The molecule has 0 aliphatic rings. The van der Waals surface area contributed by atoms with Crippen LogP contribution in [-0.2, 0) is 0 Å². The van der Waals surface area contributed by atoms with Crippen molar-refractivity contribution in [2.45, 2.75) is 19.8 Å². The molecule has 0 fully saturated rings. The molecule has 106 valence electrons. The Morgan fingerprint density at radius 3 is 2.55 bits per heavy atom. The van der Waals surface area contributed by atoms with Gasteiger partial charge in [-0.2, -0.15) is 0 Å². The van der Waals surface area contributed by atoms with Gasteiger partial charge in [0.05, 0.1) is 19.9 Å². The quantitative estimate of drug-likeness (QED) is 0.783. The largest absolute Gasteiger partial charge is 0.497 e. The molecule has 0 unspecified atom stereocenters. The highest BCUT2D eigenvalue weighted by atomic mass is 16.5. The fraction of sp³-hybridized carbons (Fsp3) is 0.357. The lowest BCUT2D eigenvalue weighted by atomic mass is 10.1. The molecule has 0 amide bonds. The van der Waals surface area contributed by atoms with Gasteiger partial charge in [0, 0.05) is 6.07 Å². The summed E-state index contributed by atoms with van der Waals surface area (Å²) in [6.07, 6.45) is 0.714. The zero-order chi connectivity index (χ0) is 14.7. The Morgan fingerprint density at radius 2 is 2.00 bits per heavy atom. The number of aromatic nitrogens is 3. The summed E-state index contributed by atoms with van der Waals surface area (Å²) < 4.78 is 12.2. The summed E-state index contributed by atoms with van der Waals surface area (Å²) in [5, 5.41) is 7.97. The number of carbonyl (C=O) groups excluding carboxylic acids is 1. The summed E-state index contributed by atoms with van der Waals surface area (Å²) in [6.45, 7) is 3.96. The molecule has 0 aliphatic heterocycles. The van der Waals surface area contributed by atoms with Crippen molar-refractivity contribution in [3.8, 4) is 17.2 Å². The fourth-order valence-electron chi connectivity index (χ4n) is 2.07. The molecule has 0 spiro atoms. The molecular weight excluding hydrogens is 258 g/mol. The third-order valence-electron chi connectivity index (χ3n) is 3.01. The predicted molar refractivity (Wildman–Crippen MR) is 73.9 cm³/mol. The van der Waals surface area contributed by atoms with Crippen molar-refractivity contribution in [2.75, 3.05) is 14.2 Å². The molecule has 1 aromatic carbocycles. The average molecular weight is 275 g/mol. The standard InChI is InChI=1S/C14H17N3O3/c1-9(2)14-11(8-18)15-16-17(14)12-7-10(19-3)5-6-13(12)20-4/h5-9H,1-4H3. The van der Waals surface area contributed by atoms with E-state index in [-0.39, 0.29) is 5.92 Å². The van der Waals surface area contributed by atoms with E-state index in [2.05, 4.69) is 10.3 Å². The molecule has 0 N–H and O–H groups in total. The number of aldehydes is 1. The van der Waals surface area contributed by atoms with Crippen molar-refractivity contribution >= 4 is 6.29 Å². The molecule has 0 bridgehead atoms. The van der Waals surface area contributed by atoms with Crippen LogP contribution in [0.1, 0.15) is 35.9 Å². The first kappa shape index (κ1) is 14.0. The van der Waals surface area contributed by atoms with Gasteiger partial charge >= 0.3 is 0 Å². The lowest BCUT2D eigenvalue weighted by Crippen LogP contribution is -2.07. The van der Waals surface area contributed by atoms with Crippen LogP contribution < -0.4 is 9.47 Å². The zero-order valence-electron chi connectivity index (χ0n) is 12.0. The van der Waals surface area contributed by atoms with Crippen LogP contribution in [0.4, 0.5) is 0 Å². The number of methoxy groups -OCH3 is 2. The fourth-order valence-corrected chi connectivity index (χ4v) is 2.07. The van der Waals surface area contributed by atoms with Crippen LogP contribution in [-0.4, -0.2) is 35.5 Å². The average Bonchev–Trinajstić information content (AvgIpc) is 2.90. The molecule has 0 radical (unpaired) electrons. The number of hydrogen-bond donors (Lipinski definition) is 0. The van der Waals surface area contributed by atoms with Gasteiger partial charge in [0.1, 0.15) is 22.9 Å². The predicted octanol–water partition coefficient (Wildman–Crippen LogP) is 2.22. The molecule has 1 aromatic heterocycles. The third-order valence-corrected chi connectivity index (χ3v) is 3.01. The van der Waals surface area contributed by atoms with Crippen LogP contribution in [0.3, 0.4) is 0 Å². The highest BCUT2D eigenvalue weighted by Gasteiger charge is 2.19. The molecule has 0 atom stereocenters. The topological polar surface area (TPSA) is 66.2 Å². The Hall–Kier alpha value is -2.37. The van der Waals surface area contributed by atoms with Crippen LogP contribution >= 0.6 is 0 Å². The molecule has 6 heteroatoms. The molecule has 1 heterocycles. The first-order chi connectivity index (χ1) is 9.62. The smallest absolute Gasteiger partial charge is 0.172 e. The Morgan fingerprint density at radius 1 is 1.25 bits per heavy atom. The first-order valence-corrected chi connectivity index (χ1v) is 6.25. The molecule has 0 aliphatic carbocycles. The summed E-state index contributed by atoms with van der Waals surface area (Å²) in [5.41, 5.74) is 1.77. The van der Waals surface area contributed by atoms with E-state index in [1.54, 1.807) is 37.1 Å². The Labute approximate surface area is 117 Å². The monoisotopic (exact) mass is 275 g/mol. The molecule has 20 heavy (non-hydrogen) atoms. The van der Waals surface area contributed by atoms with E-state index in [9.17, 15) is 4.79 Å². The molecular formula is C14H17N3O3. The molecule has 6 nitrogen and oxygen atoms in total. The number of hydrogen-bond acceptors (Lipinski definition) is 5. The van der Waals surface area contributed by atoms with Crippen molar-refractivity contribution in [1.29, 1.82) is 0 Å². The Bertz CT molecular complexity index is 620. The van der Waals surface area contributed by atoms with Gasteiger partial charge in [-0.05, 0) is 18.1 Å². The van der Waals surface area contributed by atoms with Crippen LogP contribution in [0.2, 0.25) is 0 Å². The summed E-state index contributed by atoms with van der Waals surface area (Å²) in [7, 11) is 3.17. The number of rotatable bonds is 5. The van der Waals surface area contributed by atoms with E-state index >= 15 is 0 Å². The first-order valence-electron chi connectivity index (χ1n) is 6.25. The van der Waals surface area contributed by atoms with Crippen molar-refractivity contribution in [3.63, 3.8) is 0 Å². The molecule has 0 saturated carbocycles. The maximum absolute atomic E-state index is 11.1. The number of benzene rings is 1.